The molecule has 2 N–H and O–H groups in total. The van der Waals surface area contributed by atoms with Gasteiger partial charge in [0.25, 0.3) is 11.5 Å². The Bertz CT molecular complexity index is 871. The Hall–Kier alpha value is -3.14. The summed E-state index contributed by atoms with van der Waals surface area (Å²) in [5.41, 5.74) is 2.39. The summed E-state index contributed by atoms with van der Waals surface area (Å²) in [5, 5.41) is 2.84. The van der Waals surface area contributed by atoms with Gasteiger partial charge in [0, 0.05) is 18.3 Å². The molecule has 1 amide bonds. The molecule has 0 bridgehead atoms. The number of hydrogen-bond donors (Lipinski definition) is 2. The number of nitrogens with one attached hydrogen (secondary N) is 2. The third kappa shape index (κ3) is 3.60. The third-order valence-corrected chi connectivity index (χ3v) is 3.81. The molecule has 120 valence electrons. The molecule has 24 heavy (non-hydrogen) atoms. The number of pyridine rings is 1. The maximum Gasteiger partial charge on any atom is 0.261 e. The molecule has 0 saturated heterocycles. The van der Waals surface area contributed by atoms with E-state index in [1.54, 1.807) is 12.3 Å². The molecule has 3 aromatic rings. The molecule has 0 spiro atoms. The Morgan fingerprint density at radius 1 is 0.917 bits per heavy atom. The molecule has 0 fully saturated rings. The van der Waals surface area contributed by atoms with E-state index in [2.05, 4.69) is 10.3 Å². The van der Waals surface area contributed by atoms with Gasteiger partial charge in [-0.15, -0.1) is 0 Å². The van der Waals surface area contributed by atoms with Crippen molar-refractivity contribution in [2.24, 2.45) is 0 Å². The Labute approximate surface area is 140 Å². The smallest absolute Gasteiger partial charge is 0.261 e. The van der Waals surface area contributed by atoms with Crippen LogP contribution in [0.3, 0.4) is 0 Å². The van der Waals surface area contributed by atoms with Crippen LogP contribution in [0.1, 0.15) is 15.9 Å². The molecule has 0 aliphatic heterocycles. The summed E-state index contributed by atoms with van der Waals surface area (Å²) in [4.78, 5) is 27.3. The predicted molar refractivity (Wildman–Crippen MR) is 95.0 cm³/mol. The van der Waals surface area contributed by atoms with Gasteiger partial charge in [0.15, 0.2) is 0 Å². The van der Waals surface area contributed by atoms with E-state index in [-0.39, 0.29) is 17.0 Å². The van der Waals surface area contributed by atoms with E-state index in [0.717, 1.165) is 17.5 Å². The minimum Gasteiger partial charge on any atom is -0.352 e. The third-order valence-electron chi connectivity index (χ3n) is 3.81. The Kier molecular flexibility index (Phi) is 4.87. The van der Waals surface area contributed by atoms with Crippen LogP contribution in [0.2, 0.25) is 0 Å². The highest BCUT2D eigenvalue weighted by Crippen LogP contribution is 2.20. The minimum absolute atomic E-state index is 0.150. The first kappa shape index (κ1) is 15.7. The maximum atomic E-state index is 12.5. The number of carbonyl (C=O) groups is 1. The first-order valence-electron chi connectivity index (χ1n) is 7.85. The molecular formula is C20H18N2O2. The average molecular weight is 318 g/mol. The lowest BCUT2D eigenvalue weighted by molar-refractivity contribution is 0.0953. The second-order valence-electron chi connectivity index (χ2n) is 5.45. The van der Waals surface area contributed by atoms with Crippen LogP contribution < -0.4 is 10.9 Å². The van der Waals surface area contributed by atoms with Crippen LogP contribution in [0.5, 0.6) is 0 Å². The first-order valence-corrected chi connectivity index (χ1v) is 7.85. The van der Waals surface area contributed by atoms with E-state index in [9.17, 15) is 9.59 Å². The highest BCUT2D eigenvalue weighted by atomic mass is 16.2. The minimum atomic E-state index is -0.381. The van der Waals surface area contributed by atoms with Crippen LogP contribution in [0.15, 0.2) is 77.7 Å². The molecular weight excluding hydrogens is 300 g/mol. The van der Waals surface area contributed by atoms with Gasteiger partial charge in [0.05, 0.1) is 0 Å². The number of benzene rings is 2. The number of hydrogen-bond acceptors (Lipinski definition) is 2. The maximum absolute atomic E-state index is 12.5. The fourth-order valence-corrected chi connectivity index (χ4v) is 2.62. The summed E-state index contributed by atoms with van der Waals surface area (Å²) in [6.45, 7) is 0.478. The quantitative estimate of drug-likeness (QED) is 0.759. The number of aromatic nitrogens is 1. The van der Waals surface area contributed by atoms with E-state index in [1.165, 1.54) is 0 Å². The zero-order valence-electron chi connectivity index (χ0n) is 13.2. The zero-order valence-corrected chi connectivity index (χ0v) is 13.2. The highest BCUT2D eigenvalue weighted by Gasteiger charge is 2.16. The number of carbonyl (C=O) groups excluding carboxylic acids is 1. The van der Waals surface area contributed by atoms with Gasteiger partial charge in [-0.2, -0.15) is 0 Å². The zero-order chi connectivity index (χ0) is 16.8. The van der Waals surface area contributed by atoms with Gasteiger partial charge in [-0.05, 0) is 23.6 Å². The summed E-state index contributed by atoms with van der Waals surface area (Å²) in [7, 11) is 0. The molecule has 1 heterocycles. The fourth-order valence-electron chi connectivity index (χ4n) is 2.62. The number of aromatic amines is 1. The number of rotatable bonds is 5. The molecule has 4 heteroatoms. The van der Waals surface area contributed by atoms with E-state index in [0.29, 0.717) is 12.1 Å². The van der Waals surface area contributed by atoms with E-state index < -0.39 is 0 Å². The van der Waals surface area contributed by atoms with Crippen molar-refractivity contribution >= 4 is 5.91 Å². The summed E-state index contributed by atoms with van der Waals surface area (Å²) < 4.78 is 0. The predicted octanol–water partition coefficient (Wildman–Crippen LogP) is 3.01. The standard InChI is InChI=1S/C20H18N2O2/c23-19(21-13-11-15-7-3-1-4-8-15)18-17(12-14-22-20(18)24)16-9-5-2-6-10-16/h1-10,12,14H,11,13H2,(H,21,23)(H,22,24). The number of H-pyrrole nitrogens is 1. The fraction of sp³-hybridized carbons (Fsp3) is 0.100. The monoisotopic (exact) mass is 318 g/mol. The molecule has 0 aliphatic rings. The Balaban J connectivity index is 1.79. The lowest BCUT2D eigenvalue weighted by Gasteiger charge is -2.09. The van der Waals surface area contributed by atoms with Crippen LogP contribution in [0.4, 0.5) is 0 Å². The van der Waals surface area contributed by atoms with Crippen molar-refractivity contribution in [1.82, 2.24) is 10.3 Å². The number of amides is 1. The van der Waals surface area contributed by atoms with Crippen molar-refractivity contribution in [2.75, 3.05) is 6.54 Å². The normalized spacial score (nSPS) is 10.3. The van der Waals surface area contributed by atoms with Crippen LogP contribution in [0, 0.1) is 0 Å². The molecule has 0 saturated carbocycles. The van der Waals surface area contributed by atoms with Crippen molar-refractivity contribution in [3.8, 4) is 11.1 Å². The topological polar surface area (TPSA) is 62.0 Å². The molecule has 0 atom stereocenters. The average Bonchev–Trinajstić information content (AvgIpc) is 2.63. The van der Waals surface area contributed by atoms with Gasteiger partial charge < -0.3 is 10.3 Å². The van der Waals surface area contributed by atoms with Crippen molar-refractivity contribution in [3.63, 3.8) is 0 Å². The van der Waals surface area contributed by atoms with Gasteiger partial charge in [-0.1, -0.05) is 60.7 Å². The second-order valence-corrected chi connectivity index (χ2v) is 5.45. The van der Waals surface area contributed by atoms with Gasteiger partial charge in [-0.25, -0.2) is 0 Å². The van der Waals surface area contributed by atoms with Crippen molar-refractivity contribution in [1.29, 1.82) is 0 Å². The van der Waals surface area contributed by atoms with Gasteiger partial charge in [-0.3, -0.25) is 9.59 Å². The molecule has 2 aromatic carbocycles. The highest BCUT2D eigenvalue weighted by molar-refractivity contribution is 6.00. The molecule has 0 aliphatic carbocycles. The van der Waals surface area contributed by atoms with E-state index >= 15 is 0 Å². The molecule has 4 nitrogen and oxygen atoms in total. The summed E-state index contributed by atoms with van der Waals surface area (Å²) >= 11 is 0. The van der Waals surface area contributed by atoms with Crippen molar-refractivity contribution in [2.45, 2.75) is 6.42 Å². The SMILES string of the molecule is O=C(NCCc1ccccc1)c1c(-c2ccccc2)cc[nH]c1=O. The molecule has 0 unspecified atom stereocenters. The first-order chi connectivity index (χ1) is 11.8. The Morgan fingerprint density at radius 3 is 2.29 bits per heavy atom. The van der Waals surface area contributed by atoms with E-state index in [1.807, 2.05) is 60.7 Å². The van der Waals surface area contributed by atoms with Gasteiger partial charge in [0.1, 0.15) is 5.56 Å². The lowest BCUT2D eigenvalue weighted by atomic mass is 10.0. The summed E-state index contributed by atoms with van der Waals surface area (Å²) in [6, 6.07) is 21.1. The van der Waals surface area contributed by atoms with E-state index in [4.69, 9.17) is 0 Å². The Morgan fingerprint density at radius 2 is 1.58 bits per heavy atom. The summed E-state index contributed by atoms with van der Waals surface area (Å²) in [6.07, 6.45) is 2.28. The van der Waals surface area contributed by atoms with Crippen LogP contribution in [-0.4, -0.2) is 17.4 Å². The van der Waals surface area contributed by atoms with Crippen LogP contribution in [-0.2, 0) is 6.42 Å². The lowest BCUT2D eigenvalue weighted by Crippen LogP contribution is -2.31. The molecule has 0 radical (unpaired) electrons. The van der Waals surface area contributed by atoms with Gasteiger partial charge >= 0.3 is 0 Å². The van der Waals surface area contributed by atoms with Crippen molar-refractivity contribution < 1.29 is 4.79 Å². The molecule has 3 rings (SSSR count). The summed E-state index contributed by atoms with van der Waals surface area (Å²) in [5.74, 6) is -0.355. The van der Waals surface area contributed by atoms with Crippen LogP contribution in [0.25, 0.3) is 11.1 Å². The second kappa shape index (κ2) is 7.42. The largest absolute Gasteiger partial charge is 0.352 e. The van der Waals surface area contributed by atoms with Gasteiger partial charge in [0.2, 0.25) is 0 Å². The van der Waals surface area contributed by atoms with Crippen molar-refractivity contribution in [3.05, 3.63) is 94.4 Å². The van der Waals surface area contributed by atoms with Crippen LogP contribution >= 0.6 is 0 Å². The molecule has 1 aromatic heterocycles.